The summed E-state index contributed by atoms with van der Waals surface area (Å²) >= 11 is 2.20. The van der Waals surface area contributed by atoms with Crippen LogP contribution in [0.15, 0.2) is 24.3 Å². The number of allylic oxidation sites excluding steroid dienone is 2. The first kappa shape index (κ1) is 12.1. The van der Waals surface area contributed by atoms with Gasteiger partial charge in [-0.25, -0.2) is 0 Å². The molecule has 3 aliphatic rings. The van der Waals surface area contributed by atoms with Crippen molar-refractivity contribution < 1.29 is 0 Å². The molecule has 1 heterocycles. The van der Waals surface area contributed by atoms with Crippen LogP contribution in [-0.2, 0) is 11.8 Å². The Kier molecular flexibility index (Phi) is 2.49. The van der Waals surface area contributed by atoms with Gasteiger partial charge in [0.05, 0.1) is 0 Å². The Morgan fingerprint density at radius 2 is 1.79 bits per heavy atom. The number of benzene rings is 1. The van der Waals surface area contributed by atoms with Gasteiger partial charge in [-0.3, -0.25) is 0 Å². The van der Waals surface area contributed by atoms with Crippen molar-refractivity contribution in [3.8, 4) is 0 Å². The zero-order chi connectivity index (χ0) is 13.1. The summed E-state index contributed by atoms with van der Waals surface area (Å²) in [4.78, 5) is 0. The highest BCUT2D eigenvalue weighted by atomic mass is 32.2. The third-order valence-corrected chi connectivity index (χ3v) is 7.42. The maximum Gasteiger partial charge on any atom is 0.0151 e. The first-order chi connectivity index (χ1) is 9.19. The average Bonchev–Trinajstić information content (AvgIpc) is 2.82. The molecular formula is C18H22S. The van der Waals surface area contributed by atoms with Crippen LogP contribution in [0.1, 0.15) is 41.5 Å². The van der Waals surface area contributed by atoms with Crippen LogP contribution in [0.5, 0.6) is 0 Å². The first-order valence-corrected chi connectivity index (χ1v) is 8.66. The van der Waals surface area contributed by atoms with Crippen molar-refractivity contribution in [3.05, 3.63) is 46.5 Å². The predicted molar refractivity (Wildman–Crippen MR) is 84.0 cm³/mol. The Morgan fingerprint density at radius 3 is 2.68 bits per heavy atom. The van der Waals surface area contributed by atoms with Gasteiger partial charge in [0.1, 0.15) is 0 Å². The SMILES string of the molecule is Cc1ccc(C)c2c1CC[C@@]13CC=CC[C@]21CSC3. The second kappa shape index (κ2) is 3.91. The second-order valence-electron chi connectivity index (χ2n) is 6.79. The summed E-state index contributed by atoms with van der Waals surface area (Å²) in [6.45, 7) is 4.65. The van der Waals surface area contributed by atoms with Gasteiger partial charge in [0, 0.05) is 16.9 Å². The van der Waals surface area contributed by atoms with Crippen LogP contribution in [0.3, 0.4) is 0 Å². The van der Waals surface area contributed by atoms with Crippen molar-refractivity contribution in [2.75, 3.05) is 11.5 Å². The third kappa shape index (κ3) is 1.38. The normalized spacial score (nSPS) is 35.7. The maximum atomic E-state index is 2.46. The van der Waals surface area contributed by atoms with Gasteiger partial charge in [-0.2, -0.15) is 11.8 Å². The largest absolute Gasteiger partial charge is 0.160 e. The molecule has 0 aromatic heterocycles. The van der Waals surface area contributed by atoms with E-state index in [4.69, 9.17) is 0 Å². The minimum Gasteiger partial charge on any atom is -0.160 e. The summed E-state index contributed by atoms with van der Waals surface area (Å²) in [6.07, 6.45) is 10.2. The van der Waals surface area contributed by atoms with Gasteiger partial charge in [-0.15, -0.1) is 0 Å². The number of hydrogen-bond donors (Lipinski definition) is 0. The van der Waals surface area contributed by atoms with Crippen LogP contribution in [0, 0.1) is 19.3 Å². The van der Waals surface area contributed by atoms with Crippen molar-refractivity contribution in [1.82, 2.24) is 0 Å². The van der Waals surface area contributed by atoms with E-state index in [9.17, 15) is 0 Å². The van der Waals surface area contributed by atoms with Gasteiger partial charge in [0.2, 0.25) is 0 Å². The Morgan fingerprint density at radius 1 is 1.00 bits per heavy atom. The second-order valence-corrected chi connectivity index (χ2v) is 7.77. The lowest BCUT2D eigenvalue weighted by Crippen LogP contribution is -2.50. The van der Waals surface area contributed by atoms with E-state index < -0.39 is 0 Å². The van der Waals surface area contributed by atoms with Crippen molar-refractivity contribution >= 4 is 11.8 Å². The molecule has 1 aliphatic heterocycles. The van der Waals surface area contributed by atoms with Crippen LogP contribution < -0.4 is 0 Å². The third-order valence-electron chi connectivity index (χ3n) is 5.97. The number of fused-ring (bicyclic) bond motifs is 1. The van der Waals surface area contributed by atoms with E-state index in [2.05, 4.69) is 49.9 Å². The minimum absolute atomic E-state index is 0.454. The molecule has 0 unspecified atom stereocenters. The molecule has 0 spiro atoms. The fourth-order valence-corrected chi connectivity index (χ4v) is 6.86. The summed E-state index contributed by atoms with van der Waals surface area (Å²) in [7, 11) is 0. The predicted octanol–water partition coefficient (Wildman–Crippen LogP) is 4.57. The summed E-state index contributed by atoms with van der Waals surface area (Å²) in [5.41, 5.74) is 7.52. The van der Waals surface area contributed by atoms with E-state index in [1.165, 1.54) is 42.8 Å². The molecule has 0 radical (unpaired) electrons. The highest BCUT2D eigenvalue weighted by Crippen LogP contribution is 2.63. The molecular weight excluding hydrogens is 248 g/mol. The molecule has 1 aromatic carbocycles. The van der Waals surface area contributed by atoms with Crippen LogP contribution in [-0.4, -0.2) is 11.5 Å². The van der Waals surface area contributed by atoms with Crippen molar-refractivity contribution in [1.29, 1.82) is 0 Å². The quantitative estimate of drug-likeness (QED) is 0.622. The van der Waals surface area contributed by atoms with Gasteiger partial charge in [-0.1, -0.05) is 24.3 Å². The van der Waals surface area contributed by atoms with E-state index in [1.54, 1.807) is 16.7 Å². The number of hydrogen-bond acceptors (Lipinski definition) is 1. The Bertz CT molecular complexity index is 571. The molecule has 1 fully saturated rings. The fourth-order valence-electron chi connectivity index (χ4n) is 4.91. The molecule has 0 bridgehead atoms. The molecule has 1 aromatic rings. The highest BCUT2D eigenvalue weighted by molar-refractivity contribution is 7.99. The molecule has 1 heteroatoms. The number of rotatable bonds is 0. The Balaban J connectivity index is 2.03. The van der Waals surface area contributed by atoms with Crippen LogP contribution in [0.2, 0.25) is 0 Å². The van der Waals surface area contributed by atoms with E-state index in [-0.39, 0.29) is 0 Å². The first-order valence-electron chi connectivity index (χ1n) is 7.51. The van der Waals surface area contributed by atoms with Crippen LogP contribution in [0.25, 0.3) is 0 Å². The molecule has 0 saturated carbocycles. The van der Waals surface area contributed by atoms with Crippen molar-refractivity contribution in [2.45, 2.75) is 44.9 Å². The lowest BCUT2D eigenvalue weighted by atomic mass is 9.50. The summed E-state index contributed by atoms with van der Waals surface area (Å²) in [5.74, 6) is 2.72. The molecule has 0 nitrogen and oxygen atoms in total. The van der Waals surface area contributed by atoms with E-state index in [0.29, 0.717) is 10.8 Å². The van der Waals surface area contributed by atoms with Crippen molar-refractivity contribution in [2.24, 2.45) is 5.41 Å². The Labute approximate surface area is 120 Å². The van der Waals surface area contributed by atoms with Gasteiger partial charge < -0.3 is 0 Å². The topological polar surface area (TPSA) is 0 Å². The fraction of sp³-hybridized carbons (Fsp3) is 0.556. The van der Waals surface area contributed by atoms with Gasteiger partial charge in [0.25, 0.3) is 0 Å². The number of aryl methyl sites for hydroxylation is 2. The monoisotopic (exact) mass is 270 g/mol. The molecule has 1 saturated heterocycles. The van der Waals surface area contributed by atoms with Gasteiger partial charge >= 0.3 is 0 Å². The zero-order valence-corrected chi connectivity index (χ0v) is 12.8. The summed E-state index contributed by atoms with van der Waals surface area (Å²) in [6, 6.07) is 4.69. The Hall–Kier alpha value is -0.690. The molecule has 100 valence electrons. The zero-order valence-electron chi connectivity index (χ0n) is 12.0. The smallest absolute Gasteiger partial charge is 0.0151 e. The molecule has 4 rings (SSSR count). The highest BCUT2D eigenvalue weighted by Gasteiger charge is 2.58. The number of thioether (sulfide) groups is 1. The lowest BCUT2D eigenvalue weighted by Gasteiger charge is -2.52. The molecule has 19 heavy (non-hydrogen) atoms. The maximum absolute atomic E-state index is 2.46. The van der Waals surface area contributed by atoms with E-state index in [1.807, 2.05) is 0 Å². The van der Waals surface area contributed by atoms with Gasteiger partial charge in [-0.05, 0) is 67.2 Å². The molecule has 2 aliphatic carbocycles. The average molecular weight is 270 g/mol. The molecule has 2 atom stereocenters. The van der Waals surface area contributed by atoms with Crippen molar-refractivity contribution in [3.63, 3.8) is 0 Å². The van der Waals surface area contributed by atoms with Gasteiger partial charge in [0.15, 0.2) is 0 Å². The molecule has 0 amide bonds. The summed E-state index contributed by atoms with van der Waals surface area (Å²) < 4.78 is 0. The summed E-state index contributed by atoms with van der Waals surface area (Å²) in [5, 5.41) is 0. The van der Waals surface area contributed by atoms with E-state index in [0.717, 1.165) is 0 Å². The standard InChI is InChI=1S/C18H22S/c1-13-5-6-14(2)16-15(13)7-10-17-8-3-4-9-18(16,17)12-19-11-17/h3-6H,7-12H2,1-2H3/t17-,18+/m1/s1. The minimum atomic E-state index is 0.454. The van der Waals surface area contributed by atoms with Crippen LogP contribution in [0.4, 0.5) is 0 Å². The lowest BCUT2D eigenvalue weighted by molar-refractivity contribution is 0.141. The van der Waals surface area contributed by atoms with Crippen LogP contribution >= 0.6 is 11.8 Å². The molecule has 0 N–H and O–H groups in total. The van der Waals surface area contributed by atoms with E-state index >= 15 is 0 Å².